The van der Waals surface area contributed by atoms with Crippen molar-refractivity contribution in [2.75, 3.05) is 12.8 Å². The number of hydrogen-bond acceptors (Lipinski definition) is 5. The van der Waals surface area contributed by atoms with E-state index >= 15 is 0 Å². The molecule has 0 aliphatic carbocycles. The van der Waals surface area contributed by atoms with Crippen molar-refractivity contribution in [3.8, 4) is 17.2 Å². The van der Waals surface area contributed by atoms with E-state index in [9.17, 15) is 0 Å². The monoisotopic (exact) mass is 345 g/mol. The zero-order valence-electron chi connectivity index (χ0n) is 11.2. The lowest BCUT2D eigenvalue weighted by Gasteiger charge is -2.12. The molecule has 0 fully saturated rings. The van der Waals surface area contributed by atoms with Crippen molar-refractivity contribution in [1.82, 2.24) is 9.97 Å². The predicted octanol–water partition coefficient (Wildman–Crippen LogP) is 3.78. The number of nitrogens with two attached hydrogens (primary N) is 1. The molecule has 21 heavy (non-hydrogen) atoms. The van der Waals surface area contributed by atoms with Crippen LogP contribution >= 0.6 is 15.9 Å². The Hall–Kier alpha value is -2.34. The first-order valence-corrected chi connectivity index (χ1v) is 6.98. The predicted molar refractivity (Wildman–Crippen MR) is 84.7 cm³/mol. The highest BCUT2D eigenvalue weighted by molar-refractivity contribution is 9.10. The van der Waals surface area contributed by atoms with Gasteiger partial charge in [0.2, 0.25) is 0 Å². The quantitative estimate of drug-likeness (QED) is 0.731. The van der Waals surface area contributed by atoms with Crippen molar-refractivity contribution in [2.24, 2.45) is 0 Å². The van der Waals surface area contributed by atoms with Gasteiger partial charge in [-0.25, -0.2) is 4.98 Å². The van der Waals surface area contributed by atoms with Gasteiger partial charge in [0.1, 0.15) is 5.52 Å². The van der Waals surface area contributed by atoms with E-state index < -0.39 is 0 Å². The molecule has 0 aliphatic rings. The van der Waals surface area contributed by atoms with Crippen LogP contribution in [0.25, 0.3) is 11.0 Å². The number of anilines is 1. The number of hydrogen-bond donors (Lipinski definition) is 1. The summed E-state index contributed by atoms with van der Waals surface area (Å²) in [7, 11) is 1.57. The molecular weight excluding hydrogens is 334 g/mol. The number of nitrogen functional groups attached to an aromatic ring is 1. The molecule has 3 aromatic rings. The Balaban J connectivity index is 2.06. The Labute approximate surface area is 129 Å². The minimum Gasteiger partial charge on any atom is -0.493 e. The molecule has 1 aromatic carbocycles. The van der Waals surface area contributed by atoms with Gasteiger partial charge in [0.15, 0.2) is 17.2 Å². The fourth-order valence-electron chi connectivity index (χ4n) is 1.95. The van der Waals surface area contributed by atoms with E-state index in [1.807, 2.05) is 6.07 Å². The maximum Gasteiger partial charge on any atom is 0.169 e. The minimum atomic E-state index is 0.567. The van der Waals surface area contributed by atoms with Gasteiger partial charge in [-0.2, -0.15) is 0 Å². The Kier molecular flexibility index (Phi) is 3.62. The van der Waals surface area contributed by atoms with Crippen molar-refractivity contribution in [3.05, 3.63) is 47.2 Å². The molecule has 0 radical (unpaired) electrons. The molecule has 6 heteroatoms. The van der Waals surface area contributed by atoms with E-state index in [2.05, 4.69) is 25.9 Å². The molecule has 0 unspecified atom stereocenters. The normalized spacial score (nSPS) is 10.6. The number of aromatic nitrogens is 2. The largest absolute Gasteiger partial charge is 0.493 e. The third kappa shape index (κ3) is 2.75. The van der Waals surface area contributed by atoms with Crippen LogP contribution in [0.15, 0.2) is 47.2 Å². The average Bonchev–Trinajstić information content (AvgIpc) is 2.49. The molecule has 2 N–H and O–H groups in total. The smallest absolute Gasteiger partial charge is 0.169 e. The van der Waals surface area contributed by atoms with Gasteiger partial charge in [-0.15, -0.1) is 0 Å². The van der Waals surface area contributed by atoms with Crippen molar-refractivity contribution >= 4 is 32.7 Å². The molecule has 0 bridgehead atoms. The first-order chi connectivity index (χ1) is 10.2. The molecule has 0 amide bonds. The van der Waals surface area contributed by atoms with E-state index in [1.165, 1.54) is 0 Å². The lowest BCUT2D eigenvalue weighted by molar-refractivity contribution is 0.380. The molecule has 0 saturated carbocycles. The number of fused-ring (bicyclic) bond motifs is 1. The third-order valence-corrected chi connectivity index (χ3v) is 3.35. The van der Waals surface area contributed by atoms with Gasteiger partial charge in [-0.1, -0.05) is 0 Å². The highest BCUT2D eigenvalue weighted by atomic mass is 79.9. The zero-order chi connectivity index (χ0) is 14.8. The van der Waals surface area contributed by atoms with E-state index in [4.69, 9.17) is 15.2 Å². The van der Waals surface area contributed by atoms with Crippen molar-refractivity contribution in [3.63, 3.8) is 0 Å². The summed E-state index contributed by atoms with van der Waals surface area (Å²) in [5.41, 5.74) is 7.78. The lowest BCUT2D eigenvalue weighted by atomic mass is 10.2. The van der Waals surface area contributed by atoms with Crippen LogP contribution in [0.5, 0.6) is 17.2 Å². The summed E-state index contributed by atoms with van der Waals surface area (Å²) in [6.07, 6.45) is 3.38. The van der Waals surface area contributed by atoms with Gasteiger partial charge in [-0.05, 0) is 34.1 Å². The molecule has 2 aromatic heterocycles. The van der Waals surface area contributed by atoms with Gasteiger partial charge >= 0.3 is 0 Å². The van der Waals surface area contributed by atoms with E-state index in [-0.39, 0.29) is 0 Å². The van der Waals surface area contributed by atoms with Crippen LogP contribution in [0.2, 0.25) is 0 Å². The van der Waals surface area contributed by atoms with Gasteiger partial charge in [-0.3, -0.25) is 4.98 Å². The van der Waals surface area contributed by atoms with E-state index in [1.54, 1.807) is 43.8 Å². The second-order valence-electron chi connectivity index (χ2n) is 4.34. The van der Waals surface area contributed by atoms with Gasteiger partial charge in [0, 0.05) is 34.7 Å². The van der Waals surface area contributed by atoms with Crippen LogP contribution in [0.3, 0.4) is 0 Å². The summed E-state index contributed by atoms with van der Waals surface area (Å²) >= 11 is 3.38. The van der Waals surface area contributed by atoms with Crippen LogP contribution in [0.4, 0.5) is 5.69 Å². The fraction of sp³-hybridized carbons (Fsp3) is 0.0667. The Morgan fingerprint density at radius 3 is 2.71 bits per heavy atom. The zero-order valence-corrected chi connectivity index (χ0v) is 12.8. The Morgan fingerprint density at radius 2 is 1.90 bits per heavy atom. The molecule has 5 nitrogen and oxygen atoms in total. The van der Waals surface area contributed by atoms with Crippen LogP contribution in [-0.2, 0) is 0 Å². The lowest BCUT2D eigenvalue weighted by Crippen LogP contribution is -1.94. The third-order valence-electron chi connectivity index (χ3n) is 2.91. The van der Waals surface area contributed by atoms with Crippen molar-refractivity contribution in [2.45, 2.75) is 0 Å². The molecule has 0 aliphatic heterocycles. The van der Waals surface area contributed by atoms with Crippen LogP contribution in [0, 0.1) is 0 Å². The van der Waals surface area contributed by atoms with Crippen LogP contribution in [0.1, 0.15) is 0 Å². The average molecular weight is 346 g/mol. The van der Waals surface area contributed by atoms with Crippen LogP contribution in [-0.4, -0.2) is 17.1 Å². The highest BCUT2D eigenvalue weighted by Crippen LogP contribution is 2.35. The van der Waals surface area contributed by atoms with E-state index in [0.29, 0.717) is 28.5 Å². The van der Waals surface area contributed by atoms with E-state index in [0.717, 1.165) is 9.99 Å². The number of methoxy groups -OCH3 is 1. The standard InChI is InChI=1S/C15H12BrN3O2/c1-20-14-7-10(17)2-3-12(14)21-13-4-5-18-11-6-9(16)8-19-15(11)13/h2-8H,17H2,1H3. The van der Waals surface area contributed by atoms with Crippen LogP contribution < -0.4 is 15.2 Å². The maximum atomic E-state index is 5.91. The molecule has 2 heterocycles. The summed E-state index contributed by atoms with van der Waals surface area (Å²) in [4.78, 5) is 8.63. The number of halogens is 1. The second kappa shape index (κ2) is 5.57. The number of nitrogens with zero attached hydrogens (tertiary/aromatic N) is 2. The molecule has 106 valence electrons. The SMILES string of the molecule is COc1cc(N)ccc1Oc1ccnc2cc(Br)cnc12. The number of ether oxygens (including phenoxy) is 2. The van der Waals surface area contributed by atoms with Gasteiger partial charge in [0.05, 0.1) is 12.6 Å². The summed E-state index contributed by atoms with van der Waals surface area (Å²) in [5, 5.41) is 0. The Bertz CT molecular complexity index is 808. The number of pyridine rings is 2. The molecular formula is C15H12BrN3O2. The fourth-order valence-corrected chi connectivity index (χ4v) is 2.27. The summed E-state index contributed by atoms with van der Waals surface area (Å²) < 4.78 is 12.1. The molecule has 3 rings (SSSR count). The minimum absolute atomic E-state index is 0.567. The molecule has 0 atom stereocenters. The highest BCUT2D eigenvalue weighted by Gasteiger charge is 2.10. The van der Waals surface area contributed by atoms with Gasteiger partial charge in [0.25, 0.3) is 0 Å². The molecule has 0 saturated heterocycles. The Morgan fingerprint density at radius 1 is 1.05 bits per heavy atom. The number of rotatable bonds is 3. The first-order valence-electron chi connectivity index (χ1n) is 6.19. The van der Waals surface area contributed by atoms with Gasteiger partial charge < -0.3 is 15.2 Å². The summed E-state index contributed by atoms with van der Waals surface area (Å²) in [5.74, 6) is 1.75. The molecule has 0 spiro atoms. The second-order valence-corrected chi connectivity index (χ2v) is 5.26. The topological polar surface area (TPSA) is 70.3 Å². The first kappa shape index (κ1) is 13.6. The number of benzene rings is 1. The summed E-state index contributed by atoms with van der Waals surface area (Å²) in [6, 6.07) is 8.88. The van der Waals surface area contributed by atoms with Crippen molar-refractivity contribution < 1.29 is 9.47 Å². The van der Waals surface area contributed by atoms with Crippen molar-refractivity contribution in [1.29, 1.82) is 0 Å². The summed E-state index contributed by atoms with van der Waals surface area (Å²) in [6.45, 7) is 0. The maximum absolute atomic E-state index is 5.91.